The number of imide groups is 1. The molecule has 4 fully saturated rings. The average Bonchev–Trinajstić information content (AvgIpc) is 3.83. The summed E-state index contributed by atoms with van der Waals surface area (Å²) in [6, 6.07) is -0.357. The Morgan fingerprint density at radius 2 is 1.91 bits per heavy atom. The van der Waals surface area contributed by atoms with E-state index in [0.29, 0.717) is 45.5 Å². The van der Waals surface area contributed by atoms with Gasteiger partial charge in [0, 0.05) is 33.2 Å². The molecule has 248 valence electrons. The molecule has 0 aromatic carbocycles. The molecule has 0 aromatic heterocycles. The summed E-state index contributed by atoms with van der Waals surface area (Å²) >= 11 is 0. The second kappa shape index (κ2) is 14.6. The van der Waals surface area contributed by atoms with Crippen molar-refractivity contribution in [3.63, 3.8) is 0 Å². The molecule has 0 bridgehead atoms. The Morgan fingerprint density at radius 3 is 2.57 bits per heavy atom. The Morgan fingerprint density at radius 1 is 1.16 bits per heavy atom. The molecule has 13 nitrogen and oxygen atoms in total. The first-order chi connectivity index (χ1) is 20.9. The number of likely N-dealkylation sites (tertiary alicyclic amines) is 1. The van der Waals surface area contributed by atoms with E-state index in [0.717, 1.165) is 19.3 Å². The van der Waals surface area contributed by atoms with Crippen molar-refractivity contribution in [2.45, 2.75) is 102 Å². The lowest BCUT2D eigenvalue weighted by Crippen LogP contribution is -2.56. The molecular formula is C31H50N4O9. The highest BCUT2D eigenvalue weighted by Crippen LogP contribution is 2.59. The number of alkyl carbamates (subject to hydrolysis) is 1. The zero-order valence-corrected chi connectivity index (χ0v) is 27.0. The minimum Gasteiger partial charge on any atom is -0.447 e. The molecule has 3 heterocycles. The molecule has 7 atom stereocenters. The Bertz CT molecular complexity index is 1090. The third-order valence-corrected chi connectivity index (χ3v) is 9.30. The molecule has 4 aliphatic rings. The molecule has 1 spiro atoms. The number of allylic oxidation sites excluding steroid dienone is 1. The van der Waals surface area contributed by atoms with E-state index < -0.39 is 29.8 Å². The number of likely N-dealkylation sites (N-methyl/N-ethyl adjacent to an activating group) is 1. The van der Waals surface area contributed by atoms with Gasteiger partial charge in [0.25, 0.3) is 0 Å². The van der Waals surface area contributed by atoms with Gasteiger partial charge in [0.15, 0.2) is 0 Å². The molecule has 3 unspecified atom stereocenters. The van der Waals surface area contributed by atoms with Crippen LogP contribution in [-0.4, -0.2) is 123 Å². The molecule has 4 rings (SSSR count). The second-order valence-corrected chi connectivity index (χ2v) is 12.9. The Balaban J connectivity index is 1.25. The summed E-state index contributed by atoms with van der Waals surface area (Å²) in [4.78, 5) is 52.6. The summed E-state index contributed by atoms with van der Waals surface area (Å²) in [5, 5.41) is 4.95. The SMILES string of the molecule is CCC(=O)NCCN(C)CC(=O)NC(=O)OC[C@@H]1CCCN1C(=O)OC1CC[C@]2(CO2)C([C@]2(C)O[C@@H]2CC=C(C)C)C1OC. The van der Waals surface area contributed by atoms with Crippen molar-refractivity contribution in [3.8, 4) is 0 Å². The van der Waals surface area contributed by atoms with Gasteiger partial charge in [-0.05, 0) is 59.9 Å². The quantitative estimate of drug-likeness (QED) is 0.231. The van der Waals surface area contributed by atoms with Crippen LogP contribution in [0.4, 0.5) is 9.59 Å². The summed E-state index contributed by atoms with van der Waals surface area (Å²) < 4.78 is 29.7. The van der Waals surface area contributed by atoms with E-state index in [9.17, 15) is 19.2 Å². The lowest BCUT2D eigenvalue weighted by atomic mass is 9.68. The summed E-state index contributed by atoms with van der Waals surface area (Å²) in [7, 11) is 3.36. The number of ether oxygens (including phenoxy) is 5. The van der Waals surface area contributed by atoms with Crippen molar-refractivity contribution in [2.24, 2.45) is 5.92 Å². The van der Waals surface area contributed by atoms with E-state index in [1.807, 2.05) is 0 Å². The third kappa shape index (κ3) is 8.29. The number of nitrogens with zero attached hydrogens (tertiary/aromatic N) is 2. The third-order valence-electron chi connectivity index (χ3n) is 9.30. The maximum atomic E-state index is 13.4. The van der Waals surface area contributed by atoms with Crippen LogP contribution in [0.5, 0.6) is 0 Å². The first-order valence-corrected chi connectivity index (χ1v) is 15.8. The van der Waals surface area contributed by atoms with Crippen LogP contribution >= 0.6 is 0 Å². The van der Waals surface area contributed by atoms with Gasteiger partial charge in [-0.3, -0.25) is 19.8 Å². The zero-order valence-electron chi connectivity index (χ0n) is 27.0. The maximum Gasteiger partial charge on any atom is 0.413 e. The van der Waals surface area contributed by atoms with Crippen LogP contribution in [0.3, 0.4) is 0 Å². The Labute approximate surface area is 260 Å². The number of epoxide rings is 2. The molecule has 3 saturated heterocycles. The van der Waals surface area contributed by atoms with Gasteiger partial charge < -0.3 is 33.9 Å². The van der Waals surface area contributed by atoms with Crippen LogP contribution in [0, 0.1) is 5.92 Å². The lowest BCUT2D eigenvalue weighted by molar-refractivity contribution is -0.122. The first-order valence-electron chi connectivity index (χ1n) is 15.8. The largest absolute Gasteiger partial charge is 0.447 e. The summed E-state index contributed by atoms with van der Waals surface area (Å²) in [5.41, 5.74) is 0.501. The van der Waals surface area contributed by atoms with Gasteiger partial charge in [0.05, 0.1) is 31.2 Å². The fraction of sp³-hybridized carbons (Fsp3) is 0.806. The predicted molar refractivity (Wildman–Crippen MR) is 160 cm³/mol. The number of carbonyl (C=O) groups is 4. The standard InChI is InChI=1S/C31H50N4O9/c1-7-24(36)32-14-16-34(5)17-25(37)33-28(38)41-18-21-9-8-15-35(21)29(39)43-22-12-13-31(19-42-31)27(26(22)40-6)30(4)23(44-30)11-10-20(2)3/h10,21-23,26-27H,7-9,11-19H2,1-6H3,(H,32,36)(H,33,37,38)/t21-,22?,23+,26?,27?,30+,31-/m0/s1. The summed E-state index contributed by atoms with van der Waals surface area (Å²) in [5.74, 6) is -0.659. The topological polar surface area (TPSA) is 152 Å². The van der Waals surface area contributed by atoms with Crippen molar-refractivity contribution in [1.82, 2.24) is 20.4 Å². The van der Waals surface area contributed by atoms with Crippen LogP contribution < -0.4 is 10.6 Å². The Hall–Kier alpha value is -2.74. The fourth-order valence-corrected chi connectivity index (χ4v) is 6.71. The summed E-state index contributed by atoms with van der Waals surface area (Å²) in [6.45, 7) is 9.92. The molecule has 13 heteroatoms. The van der Waals surface area contributed by atoms with Gasteiger partial charge in [0.1, 0.15) is 30.0 Å². The molecule has 0 aromatic rings. The van der Waals surface area contributed by atoms with E-state index >= 15 is 0 Å². The number of hydrogen-bond donors (Lipinski definition) is 2. The number of amides is 4. The smallest absolute Gasteiger partial charge is 0.413 e. The highest BCUT2D eigenvalue weighted by molar-refractivity contribution is 5.92. The number of hydrogen-bond acceptors (Lipinski definition) is 10. The van der Waals surface area contributed by atoms with Crippen LogP contribution in [0.25, 0.3) is 0 Å². The van der Waals surface area contributed by atoms with Gasteiger partial charge in [-0.2, -0.15) is 0 Å². The minimum atomic E-state index is -0.868. The van der Waals surface area contributed by atoms with Gasteiger partial charge in [-0.25, -0.2) is 9.59 Å². The van der Waals surface area contributed by atoms with Crippen LogP contribution in [0.15, 0.2) is 11.6 Å². The minimum absolute atomic E-state index is 0.0336. The van der Waals surface area contributed by atoms with Crippen LogP contribution in [0.1, 0.15) is 66.2 Å². The first kappa shape index (κ1) is 34.1. The number of rotatable bonds is 13. The van der Waals surface area contributed by atoms with E-state index in [-0.39, 0.29) is 48.8 Å². The summed E-state index contributed by atoms with van der Waals surface area (Å²) in [6.07, 6.45) is 4.04. The van der Waals surface area contributed by atoms with Crippen molar-refractivity contribution >= 4 is 24.0 Å². The monoisotopic (exact) mass is 622 g/mol. The van der Waals surface area contributed by atoms with Gasteiger partial charge in [0.2, 0.25) is 11.8 Å². The highest BCUT2D eigenvalue weighted by Gasteiger charge is 2.72. The average molecular weight is 623 g/mol. The molecule has 3 aliphatic heterocycles. The number of carbonyl (C=O) groups excluding carboxylic acids is 4. The highest BCUT2D eigenvalue weighted by atomic mass is 16.6. The van der Waals surface area contributed by atoms with Crippen molar-refractivity contribution in [3.05, 3.63) is 11.6 Å². The molecule has 4 amide bonds. The second-order valence-electron chi connectivity index (χ2n) is 12.9. The molecule has 2 N–H and O–H groups in total. The number of methoxy groups -OCH3 is 1. The molecule has 1 saturated carbocycles. The van der Waals surface area contributed by atoms with Gasteiger partial charge >= 0.3 is 12.2 Å². The normalized spacial score (nSPS) is 32.2. The van der Waals surface area contributed by atoms with Crippen molar-refractivity contribution in [2.75, 3.05) is 53.6 Å². The van der Waals surface area contributed by atoms with E-state index in [4.69, 9.17) is 23.7 Å². The lowest BCUT2D eigenvalue weighted by Gasteiger charge is -2.43. The molecular weight excluding hydrogens is 572 g/mol. The Kier molecular flexibility index (Phi) is 11.3. The zero-order chi connectivity index (χ0) is 32.1. The molecule has 1 aliphatic carbocycles. The van der Waals surface area contributed by atoms with E-state index in [1.54, 1.807) is 30.9 Å². The molecule has 44 heavy (non-hydrogen) atoms. The fourth-order valence-electron chi connectivity index (χ4n) is 6.71. The van der Waals surface area contributed by atoms with Gasteiger partial charge in [-0.15, -0.1) is 0 Å². The maximum absolute atomic E-state index is 13.4. The van der Waals surface area contributed by atoms with E-state index in [1.165, 1.54) is 5.57 Å². The van der Waals surface area contributed by atoms with E-state index in [2.05, 4.69) is 37.5 Å². The van der Waals surface area contributed by atoms with Crippen molar-refractivity contribution < 1.29 is 42.9 Å². The number of nitrogens with one attached hydrogen (secondary N) is 2. The van der Waals surface area contributed by atoms with Crippen molar-refractivity contribution in [1.29, 1.82) is 0 Å². The van der Waals surface area contributed by atoms with Crippen LogP contribution in [-0.2, 0) is 33.3 Å². The van der Waals surface area contributed by atoms with Crippen LogP contribution in [0.2, 0.25) is 0 Å². The molecule has 0 radical (unpaired) electrons. The van der Waals surface area contributed by atoms with Gasteiger partial charge in [-0.1, -0.05) is 18.6 Å². The predicted octanol–water partition coefficient (Wildman–Crippen LogP) is 2.37.